The van der Waals surface area contributed by atoms with E-state index in [4.69, 9.17) is 14.2 Å². The molecule has 2 aliphatic heterocycles. The molecule has 1 saturated heterocycles. The molecule has 6 heteroatoms. The largest absolute Gasteiger partial charge is 0.454 e. The molecule has 1 atom stereocenters. The standard InChI is InChI=1S/C16H19N3O3/c1-2-13(20-5-1)9-17-7-12-8-18-19-16(12)11-3-4-14-15(6-11)22-10-21-14/h3-4,6,8,13,17H,1-2,5,7,9-10H2,(H,18,19). The molecular formula is C16H19N3O3. The lowest BCUT2D eigenvalue weighted by molar-refractivity contribution is 0.110. The second-order valence-electron chi connectivity index (χ2n) is 5.60. The van der Waals surface area contributed by atoms with E-state index in [1.165, 1.54) is 6.42 Å². The first-order chi connectivity index (χ1) is 10.9. The summed E-state index contributed by atoms with van der Waals surface area (Å²) in [6.07, 6.45) is 4.52. The lowest BCUT2D eigenvalue weighted by Crippen LogP contribution is -2.25. The Morgan fingerprint density at radius 2 is 2.23 bits per heavy atom. The molecule has 2 aliphatic rings. The number of hydrogen-bond acceptors (Lipinski definition) is 5. The number of rotatable bonds is 5. The maximum Gasteiger partial charge on any atom is 0.231 e. The minimum absolute atomic E-state index is 0.289. The summed E-state index contributed by atoms with van der Waals surface area (Å²) in [4.78, 5) is 0. The van der Waals surface area contributed by atoms with Gasteiger partial charge in [0.25, 0.3) is 0 Å². The van der Waals surface area contributed by atoms with Crippen molar-refractivity contribution in [2.24, 2.45) is 0 Å². The van der Waals surface area contributed by atoms with Crippen LogP contribution in [0.25, 0.3) is 11.3 Å². The first-order valence-electron chi connectivity index (χ1n) is 7.65. The zero-order chi connectivity index (χ0) is 14.8. The molecule has 0 amide bonds. The quantitative estimate of drug-likeness (QED) is 0.885. The van der Waals surface area contributed by atoms with Crippen molar-refractivity contribution in [1.29, 1.82) is 0 Å². The van der Waals surface area contributed by atoms with E-state index in [1.807, 2.05) is 24.4 Å². The Hall–Kier alpha value is -2.05. The van der Waals surface area contributed by atoms with E-state index in [2.05, 4.69) is 15.5 Å². The molecule has 0 radical (unpaired) electrons. The maximum absolute atomic E-state index is 5.62. The molecule has 2 aromatic rings. The van der Waals surface area contributed by atoms with Gasteiger partial charge in [-0.2, -0.15) is 5.10 Å². The molecule has 0 aliphatic carbocycles. The van der Waals surface area contributed by atoms with Gasteiger partial charge in [-0.1, -0.05) is 0 Å². The zero-order valence-electron chi connectivity index (χ0n) is 12.3. The molecule has 1 aromatic heterocycles. The van der Waals surface area contributed by atoms with Gasteiger partial charge < -0.3 is 19.5 Å². The number of nitrogens with zero attached hydrogens (tertiary/aromatic N) is 1. The Bertz CT molecular complexity index is 650. The average Bonchev–Trinajstić information content (AvgIpc) is 3.28. The normalized spacial score (nSPS) is 19.7. The van der Waals surface area contributed by atoms with Crippen molar-refractivity contribution in [3.05, 3.63) is 30.0 Å². The summed E-state index contributed by atoms with van der Waals surface area (Å²) >= 11 is 0. The fourth-order valence-electron chi connectivity index (χ4n) is 2.92. The van der Waals surface area contributed by atoms with Crippen LogP contribution in [0.4, 0.5) is 0 Å². The minimum Gasteiger partial charge on any atom is -0.454 e. The number of H-pyrrole nitrogens is 1. The fourth-order valence-corrected chi connectivity index (χ4v) is 2.92. The van der Waals surface area contributed by atoms with Gasteiger partial charge in [0.05, 0.1) is 18.0 Å². The first-order valence-corrected chi connectivity index (χ1v) is 7.65. The predicted octanol–water partition coefficient (Wildman–Crippen LogP) is 2.07. The third-order valence-corrected chi connectivity index (χ3v) is 4.09. The highest BCUT2D eigenvalue weighted by Crippen LogP contribution is 2.36. The molecule has 6 nitrogen and oxygen atoms in total. The molecule has 1 fully saturated rings. The van der Waals surface area contributed by atoms with Crippen LogP contribution >= 0.6 is 0 Å². The van der Waals surface area contributed by atoms with Crippen molar-refractivity contribution in [1.82, 2.24) is 15.5 Å². The van der Waals surface area contributed by atoms with Crippen LogP contribution in [0, 0.1) is 0 Å². The Balaban J connectivity index is 1.45. The first kappa shape index (κ1) is 13.6. The van der Waals surface area contributed by atoms with Crippen LogP contribution in [0.15, 0.2) is 24.4 Å². The molecule has 2 N–H and O–H groups in total. The van der Waals surface area contributed by atoms with E-state index in [-0.39, 0.29) is 6.79 Å². The third kappa shape index (κ3) is 2.67. The van der Waals surface area contributed by atoms with E-state index in [9.17, 15) is 0 Å². The highest BCUT2D eigenvalue weighted by atomic mass is 16.7. The van der Waals surface area contributed by atoms with Crippen molar-refractivity contribution < 1.29 is 14.2 Å². The van der Waals surface area contributed by atoms with Gasteiger partial charge in [0.2, 0.25) is 6.79 Å². The van der Waals surface area contributed by atoms with Crippen molar-refractivity contribution in [3.8, 4) is 22.8 Å². The van der Waals surface area contributed by atoms with Gasteiger partial charge in [-0.3, -0.25) is 5.10 Å². The summed E-state index contributed by atoms with van der Waals surface area (Å²) < 4.78 is 16.4. The van der Waals surface area contributed by atoms with E-state index < -0.39 is 0 Å². The molecular weight excluding hydrogens is 282 g/mol. The van der Waals surface area contributed by atoms with Crippen LogP contribution in [0.2, 0.25) is 0 Å². The molecule has 0 spiro atoms. The highest BCUT2D eigenvalue weighted by Gasteiger charge is 2.17. The van der Waals surface area contributed by atoms with Crippen molar-refractivity contribution >= 4 is 0 Å². The molecule has 116 valence electrons. The van der Waals surface area contributed by atoms with E-state index >= 15 is 0 Å². The second kappa shape index (κ2) is 5.98. The van der Waals surface area contributed by atoms with Gasteiger partial charge in [-0.05, 0) is 31.0 Å². The van der Waals surface area contributed by atoms with Crippen molar-refractivity contribution in [2.75, 3.05) is 19.9 Å². The topological polar surface area (TPSA) is 68.4 Å². The summed E-state index contributed by atoms with van der Waals surface area (Å²) in [7, 11) is 0. The van der Waals surface area contributed by atoms with Crippen molar-refractivity contribution in [3.63, 3.8) is 0 Å². The molecule has 3 heterocycles. The van der Waals surface area contributed by atoms with Gasteiger partial charge in [-0.25, -0.2) is 0 Å². The number of aromatic amines is 1. The summed E-state index contributed by atoms with van der Waals surface area (Å²) in [6.45, 7) is 2.82. The summed E-state index contributed by atoms with van der Waals surface area (Å²) in [5.41, 5.74) is 3.20. The molecule has 0 saturated carbocycles. The number of aromatic nitrogens is 2. The highest BCUT2D eigenvalue weighted by molar-refractivity contribution is 5.66. The van der Waals surface area contributed by atoms with Crippen LogP contribution in [0.5, 0.6) is 11.5 Å². The van der Waals surface area contributed by atoms with E-state index in [0.717, 1.165) is 54.4 Å². The number of fused-ring (bicyclic) bond motifs is 1. The minimum atomic E-state index is 0.289. The third-order valence-electron chi connectivity index (χ3n) is 4.09. The average molecular weight is 301 g/mol. The second-order valence-corrected chi connectivity index (χ2v) is 5.60. The van der Waals surface area contributed by atoms with Gasteiger partial charge in [0, 0.05) is 30.8 Å². The van der Waals surface area contributed by atoms with Gasteiger partial charge >= 0.3 is 0 Å². The SMILES string of the molecule is c1cc2c(cc1-c1[nH]ncc1CNCC1CCCO1)OCO2. The van der Waals surface area contributed by atoms with E-state index in [0.29, 0.717) is 6.10 Å². The Morgan fingerprint density at radius 3 is 3.14 bits per heavy atom. The van der Waals surface area contributed by atoms with Crippen LogP contribution in [-0.2, 0) is 11.3 Å². The number of hydrogen-bond donors (Lipinski definition) is 2. The lowest BCUT2D eigenvalue weighted by atomic mass is 10.1. The molecule has 22 heavy (non-hydrogen) atoms. The lowest BCUT2D eigenvalue weighted by Gasteiger charge is -2.11. The van der Waals surface area contributed by atoms with Crippen molar-refractivity contribution in [2.45, 2.75) is 25.5 Å². The Kier molecular flexibility index (Phi) is 3.70. The van der Waals surface area contributed by atoms with Gasteiger partial charge in [0.1, 0.15) is 0 Å². The van der Waals surface area contributed by atoms with Crippen LogP contribution in [0.3, 0.4) is 0 Å². The fraction of sp³-hybridized carbons (Fsp3) is 0.438. The Morgan fingerprint density at radius 1 is 1.27 bits per heavy atom. The molecule has 4 rings (SSSR count). The van der Waals surface area contributed by atoms with E-state index in [1.54, 1.807) is 0 Å². The zero-order valence-corrected chi connectivity index (χ0v) is 12.3. The molecule has 1 aromatic carbocycles. The smallest absolute Gasteiger partial charge is 0.231 e. The van der Waals surface area contributed by atoms with Gasteiger partial charge in [-0.15, -0.1) is 0 Å². The predicted molar refractivity (Wildman–Crippen MR) is 80.8 cm³/mol. The maximum atomic E-state index is 5.62. The van der Waals surface area contributed by atoms with Crippen LogP contribution in [-0.4, -0.2) is 36.2 Å². The summed E-state index contributed by atoms with van der Waals surface area (Å²) in [6, 6.07) is 5.94. The summed E-state index contributed by atoms with van der Waals surface area (Å²) in [5, 5.41) is 10.7. The molecule has 0 bridgehead atoms. The van der Waals surface area contributed by atoms with Crippen LogP contribution < -0.4 is 14.8 Å². The number of benzene rings is 1. The molecule has 1 unspecified atom stereocenters. The number of ether oxygens (including phenoxy) is 3. The van der Waals surface area contributed by atoms with Crippen LogP contribution in [0.1, 0.15) is 18.4 Å². The number of nitrogens with one attached hydrogen (secondary N) is 2. The Labute approximate surface area is 128 Å². The summed E-state index contributed by atoms with van der Waals surface area (Å²) in [5.74, 6) is 1.58. The van der Waals surface area contributed by atoms with Gasteiger partial charge in [0.15, 0.2) is 11.5 Å². The monoisotopic (exact) mass is 301 g/mol.